The number of fused-ring (bicyclic) bond motifs is 1. The van der Waals surface area contributed by atoms with Crippen LogP contribution in [0.15, 0.2) is 0 Å². The van der Waals surface area contributed by atoms with Crippen LogP contribution in [0, 0.1) is 17.3 Å². The first-order valence-electron chi connectivity index (χ1n) is 4.89. The predicted molar refractivity (Wildman–Crippen MR) is 41.7 cm³/mol. The van der Waals surface area contributed by atoms with E-state index in [-0.39, 0.29) is 0 Å². The smallest absolute Gasteiger partial charge is 0.0266 e. The SMILES string of the molecule is C1C[C@@H]2C[C@H]3CC[C@@]2(C1)C3. The molecule has 3 atom stereocenters. The second-order valence-corrected chi connectivity index (χ2v) is 4.80. The quantitative estimate of drug-likeness (QED) is 0.480. The first-order chi connectivity index (χ1) is 4.89. The average Bonchev–Trinajstić information content (AvgIpc) is 2.48. The zero-order valence-corrected chi connectivity index (χ0v) is 6.60. The van der Waals surface area contributed by atoms with Crippen molar-refractivity contribution in [1.82, 2.24) is 0 Å². The molecule has 3 rings (SSSR count). The standard InChI is InChI=1S/C10H16/c1-2-9-6-8-3-5-10(9,4-1)7-8/h8-9H,1-7H2/t8-,9-,10+/m1/s1. The topological polar surface area (TPSA) is 0 Å². The Morgan fingerprint density at radius 1 is 1.10 bits per heavy atom. The summed E-state index contributed by atoms with van der Waals surface area (Å²) in [5.41, 5.74) is 0.921. The molecule has 0 aliphatic heterocycles. The van der Waals surface area contributed by atoms with Gasteiger partial charge >= 0.3 is 0 Å². The molecule has 0 nitrogen and oxygen atoms in total. The van der Waals surface area contributed by atoms with Crippen LogP contribution in [0.1, 0.15) is 44.9 Å². The summed E-state index contributed by atoms with van der Waals surface area (Å²) in [5, 5.41) is 0. The van der Waals surface area contributed by atoms with Gasteiger partial charge in [-0.05, 0) is 55.8 Å². The maximum absolute atomic E-state index is 1.62. The predicted octanol–water partition coefficient (Wildman–Crippen LogP) is 2.98. The summed E-state index contributed by atoms with van der Waals surface area (Å²) in [6.07, 6.45) is 11.1. The van der Waals surface area contributed by atoms with Gasteiger partial charge in [0.15, 0.2) is 0 Å². The van der Waals surface area contributed by atoms with Crippen LogP contribution in [0.2, 0.25) is 0 Å². The number of hydrogen-bond donors (Lipinski definition) is 0. The molecule has 3 saturated carbocycles. The Labute approximate surface area is 63.0 Å². The van der Waals surface area contributed by atoms with Crippen LogP contribution in [0.25, 0.3) is 0 Å². The highest BCUT2D eigenvalue weighted by Crippen LogP contribution is 2.64. The van der Waals surface area contributed by atoms with Gasteiger partial charge in [-0.1, -0.05) is 6.42 Å². The molecule has 0 N–H and O–H groups in total. The van der Waals surface area contributed by atoms with E-state index in [4.69, 9.17) is 0 Å². The molecule has 3 fully saturated rings. The summed E-state index contributed by atoms with van der Waals surface area (Å²) in [4.78, 5) is 0. The summed E-state index contributed by atoms with van der Waals surface area (Å²) >= 11 is 0. The van der Waals surface area contributed by atoms with E-state index in [0.29, 0.717) is 0 Å². The minimum atomic E-state index is 0.921. The molecule has 0 heterocycles. The third kappa shape index (κ3) is 0.500. The third-order valence-electron chi connectivity index (χ3n) is 4.46. The van der Waals surface area contributed by atoms with E-state index >= 15 is 0 Å². The van der Waals surface area contributed by atoms with Crippen molar-refractivity contribution >= 4 is 0 Å². The van der Waals surface area contributed by atoms with Crippen molar-refractivity contribution in [1.29, 1.82) is 0 Å². The van der Waals surface area contributed by atoms with Crippen molar-refractivity contribution in [3.05, 3.63) is 0 Å². The molecule has 0 aromatic heterocycles. The number of rotatable bonds is 0. The van der Waals surface area contributed by atoms with Crippen molar-refractivity contribution in [2.75, 3.05) is 0 Å². The summed E-state index contributed by atoms with van der Waals surface area (Å²) in [6, 6.07) is 0. The molecule has 10 heavy (non-hydrogen) atoms. The van der Waals surface area contributed by atoms with E-state index in [0.717, 1.165) is 5.41 Å². The van der Waals surface area contributed by atoms with E-state index in [1.54, 1.807) is 44.9 Å². The van der Waals surface area contributed by atoms with Crippen molar-refractivity contribution in [2.45, 2.75) is 44.9 Å². The van der Waals surface area contributed by atoms with Gasteiger partial charge in [0, 0.05) is 0 Å². The lowest BCUT2D eigenvalue weighted by molar-refractivity contribution is 0.227. The van der Waals surface area contributed by atoms with Crippen LogP contribution in [-0.2, 0) is 0 Å². The van der Waals surface area contributed by atoms with Gasteiger partial charge in [-0.15, -0.1) is 0 Å². The van der Waals surface area contributed by atoms with Crippen molar-refractivity contribution < 1.29 is 0 Å². The Morgan fingerprint density at radius 2 is 2.10 bits per heavy atom. The van der Waals surface area contributed by atoms with Crippen molar-refractivity contribution in [3.8, 4) is 0 Å². The minimum absolute atomic E-state index is 0.921. The zero-order chi connectivity index (χ0) is 6.60. The Balaban J connectivity index is 1.99. The van der Waals surface area contributed by atoms with Crippen LogP contribution in [0.4, 0.5) is 0 Å². The summed E-state index contributed by atoms with van der Waals surface area (Å²) in [5.74, 6) is 2.36. The first kappa shape index (κ1) is 5.62. The first-order valence-corrected chi connectivity index (χ1v) is 4.89. The monoisotopic (exact) mass is 136 g/mol. The van der Waals surface area contributed by atoms with Crippen LogP contribution in [-0.4, -0.2) is 0 Å². The third-order valence-corrected chi connectivity index (χ3v) is 4.46. The van der Waals surface area contributed by atoms with Crippen molar-refractivity contribution in [3.63, 3.8) is 0 Å². The largest absolute Gasteiger partial charge is 0.0525 e. The molecule has 0 saturated heterocycles. The molecule has 0 radical (unpaired) electrons. The van der Waals surface area contributed by atoms with Crippen LogP contribution < -0.4 is 0 Å². The lowest BCUT2D eigenvalue weighted by atomic mass is 9.78. The highest BCUT2D eigenvalue weighted by atomic mass is 14.6. The van der Waals surface area contributed by atoms with Gasteiger partial charge in [-0.3, -0.25) is 0 Å². The van der Waals surface area contributed by atoms with Gasteiger partial charge in [0.2, 0.25) is 0 Å². The highest BCUT2D eigenvalue weighted by Gasteiger charge is 2.53. The molecule has 0 unspecified atom stereocenters. The fourth-order valence-electron chi connectivity index (χ4n) is 4.05. The summed E-state index contributed by atoms with van der Waals surface area (Å²) < 4.78 is 0. The van der Waals surface area contributed by atoms with Gasteiger partial charge in [0.1, 0.15) is 0 Å². The van der Waals surface area contributed by atoms with Gasteiger partial charge in [-0.2, -0.15) is 0 Å². The molecule has 1 spiro atoms. The van der Waals surface area contributed by atoms with Crippen LogP contribution in [0.3, 0.4) is 0 Å². The number of hydrogen-bond acceptors (Lipinski definition) is 0. The molecule has 0 aromatic carbocycles. The second kappa shape index (κ2) is 1.60. The average molecular weight is 136 g/mol. The Kier molecular flexibility index (Phi) is 0.898. The van der Waals surface area contributed by atoms with E-state index < -0.39 is 0 Å². The molecule has 0 amide bonds. The highest BCUT2D eigenvalue weighted by molar-refractivity contribution is 5.04. The molecule has 3 aliphatic carbocycles. The van der Waals surface area contributed by atoms with E-state index in [9.17, 15) is 0 Å². The Morgan fingerprint density at radius 3 is 2.90 bits per heavy atom. The molecule has 0 aromatic rings. The van der Waals surface area contributed by atoms with Gasteiger partial charge in [0.05, 0.1) is 0 Å². The second-order valence-electron chi connectivity index (χ2n) is 4.80. The van der Waals surface area contributed by atoms with E-state index in [2.05, 4.69) is 0 Å². The molecule has 56 valence electrons. The molecule has 2 bridgehead atoms. The van der Waals surface area contributed by atoms with Gasteiger partial charge in [-0.25, -0.2) is 0 Å². The fraction of sp³-hybridized carbons (Fsp3) is 1.00. The zero-order valence-electron chi connectivity index (χ0n) is 6.60. The van der Waals surface area contributed by atoms with Gasteiger partial charge < -0.3 is 0 Å². The van der Waals surface area contributed by atoms with E-state index in [1.165, 1.54) is 11.8 Å². The Hall–Kier alpha value is 0. The molecular weight excluding hydrogens is 120 g/mol. The Bertz CT molecular complexity index is 157. The fourth-order valence-corrected chi connectivity index (χ4v) is 4.05. The molecule has 3 aliphatic rings. The van der Waals surface area contributed by atoms with E-state index in [1.807, 2.05) is 0 Å². The minimum Gasteiger partial charge on any atom is -0.0525 e. The normalized spacial score (nSPS) is 57.6. The lowest BCUT2D eigenvalue weighted by Gasteiger charge is -2.27. The maximum Gasteiger partial charge on any atom is -0.0266 e. The van der Waals surface area contributed by atoms with Crippen LogP contribution >= 0.6 is 0 Å². The lowest BCUT2D eigenvalue weighted by Crippen LogP contribution is -2.18. The van der Waals surface area contributed by atoms with Gasteiger partial charge in [0.25, 0.3) is 0 Å². The van der Waals surface area contributed by atoms with Crippen LogP contribution in [0.5, 0.6) is 0 Å². The molecular formula is C10H16. The van der Waals surface area contributed by atoms with Crippen molar-refractivity contribution in [2.24, 2.45) is 17.3 Å². The summed E-state index contributed by atoms with van der Waals surface area (Å²) in [6.45, 7) is 0. The summed E-state index contributed by atoms with van der Waals surface area (Å²) in [7, 11) is 0. The maximum atomic E-state index is 1.62. The molecule has 0 heteroatoms.